The van der Waals surface area contributed by atoms with E-state index in [9.17, 15) is 8.42 Å². The lowest BCUT2D eigenvalue weighted by Gasteiger charge is -2.24. The predicted octanol–water partition coefficient (Wildman–Crippen LogP) is 0.904. The number of hydrogen-bond acceptors (Lipinski definition) is 7. The Kier molecular flexibility index (Phi) is 3.64. The summed E-state index contributed by atoms with van der Waals surface area (Å²) in [6.45, 7) is 0. The molecule has 0 amide bonds. The molecule has 0 bridgehead atoms. The fraction of sp³-hybridized carbons (Fsp3) is 0.385. The van der Waals surface area contributed by atoms with Crippen LogP contribution in [-0.2, 0) is 9.84 Å². The van der Waals surface area contributed by atoms with E-state index < -0.39 is 9.84 Å². The van der Waals surface area contributed by atoms with Gasteiger partial charge in [0.1, 0.15) is 15.7 Å². The fourth-order valence-corrected chi connectivity index (χ4v) is 3.97. The van der Waals surface area contributed by atoms with Crippen LogP contribution in [0.5, 0.6) is 0 Å². The Bertz CT molecular complexity index is 748. The number of sulfone groups is 1. The van der Waals surface area contributed by atoms with Crippen molar-refractivity contribution in [3.63, 3.8) is 0 Å². The SMILES string of the molecule is NNc1nc(NC2CCS(=O)(=O)CC2)c2ccccc2n1. The molecule has 0 atom stereocenters. The van der Waals surface area contributed by atoms with Crippen LogP contribution in [-0.4, -0.2) is 35.9 Å². The lowest BCUT2D eigenvalue weighted by molar-refractivity contribution is 0.559. The topological polar surface area (TPSA) is 110 Å². The molecule has 2 aromatic rings. The number of rotatable bonds is 3. The molecule has 1 aromatic heterocycles. The van der Waals surface area contributed by atoms with Crippen LogP contribution < -0.4 is 16.6 Å². The quantitative estimate of drug-likeness (QED) is 0.571. The van der Waals surface area contributed by atoms with Gasteiger partial charge >= 0.3 is 0 Å². The third-order valence-electron chi connectivity index (χ3n) is 3.63. The molecule has 1 aromatic carbocycles. The van der Waals surface area contributed by atoms with E-state index in [-0.39, 0.29) is 17.5 Å². The number of nitrogens with zero attached hydrogens (tertiary/aromatic N) is 2. The largest absolute Gasteiger partial charge is 0.367 e. The third kappa shape index (κ3) is 3.06. The van der Waals surface area contributed by atoms with E-state index >= 15 is 0 Å². The highest BCUT2D eigenvalue weighted by Gasteiger charge is 2.24. The van der Waals surface area contributed by atoms with Crippen molar-refractivity contribution in [1.29, 1.82) is 0 Å². The maximum atomic E-state index is 11.5. The Morgan fingerprint density at radius 3 is 2.57 bits per heavy atom. The molecule has 3 rings (SSSR count). The number of para-hydroxylation sites is 1. The van der Waals surface area contributed by atoms with Gasteiger partial charge in [0, 0.05) is 11.4 Å². The van der Waals surface area contributed by atoms with E-state index in [1.165, 1.54) is 0 Å². The van der Waals surface area contributed by atoms with E-state index in [0.29, 0.717) is 24.6 Å². The first-order valence-corrected chi connectivity index (χ1v) is 8.60. The van der Waals surface area contributed by atoms with E-state index in [0.717, 1.165) is 10.9 Å². The molecule has 8 heteroatoms. The summed E-state index contributed by atoms with van der Waals surface area (Å²) in [5.41, 5.74) is 3.24. The summed E-state index contributed by atoms with van der Waals surface area (Å²) in [6, 6.07) is 7.72. The van der Waals surface area contributed by atoms with Crippen LogP contribution in [0.3, 0.4) is 0 Å². The Morgan fingerprint density at radius 2 is 1.86 bits per heavy atom. The minimum Gasteiger partial charge on any atom is -0.367 e. The van der Waals surface area contributed by atoms with Gasteiger partial charge in [0.15, 0.2) is 0 Å². The van der Waals surface area contributed by atoms with Crippen molar-refractivity contribution in [2.24, 2.45) is 5.84 Å². The maximum Gasteiger partial charge on any atom is 0.239 e. The van der Waals surface area contributed by atoms with Gasteiger partial charge in [0.25, 0.3) is 0 Å². The Balaban J connectivity index is 1.89. The van der Waals surface area contributed by atoms with Crippen molar-refractivity contribution in [3.05, 3.63) is 24.3 Å². The zero-order valence-electron chi connectivity index (χ0n) is 11.4. The highest BCUT2D eigenvalue weighted by molar-refractivity contribution is 7.91. The number of aromatic nitrogens is 2. The van der Waals surface area contributed by atoms with Crippen molar-refractivity contribution in [2.45, 2.75) is 18.9 Å². The van der Waals surface area contributed by atoms with Gasteiger partial charge in [-0.05, 0) is 25.0 Å². The molecule has 1 fully saturated rings. The van der Waals surface area contributed by atoms with Crippen LogP contribution in [0.1, 0.15) is 12.8 Å². The average molecular weight is 307 g/mol. The molecule has 0 aliphatic carbocycles. The number of benzene rings is 1. The van der Waals surface area contributed by atoms with Crippen LogP contribution in [0.4, 0.5) is 11.8 Å². The lowest BCUT2D eigenvalue weighted by atomic mass is 10.1. The Hall–Kier alpha value is -1.93. The summed E-state index contributed by atoms with van der Waals surface area (Å²) in [5.74, 6) is 6.84. The summed E-state index contributed by atoms with van der Waals surface area (Å²) in [4.78, 5) is 8.63. The molecule has 21 heavy (non-hydrogen) atoms. The average Bonchev–Trinajstić information content (AvgIpc) is 2.49. The van der Waals surface area contributed by atoms with Gasteiger partial charge in [0.2, 0.25) is 5.95 Å². The van der Waals surface area contributed by atoms with Crippen LogP contribution in [0.25, 0.3) is 10.9 Å². The van der Waals surface area contributed by atoms with E-state index in [1.807, 2.05) is 24.3 Å². The molecule has 2 heterocycles. The molecule has 0 unspecified atom stereocenters. The molecular weight excluding hydrogens is 290 g/mol. The van der Waals surface area contributed by atoms with Crippen molar-refractivity contribution < 1.29 is 8.42 Å². The zero-order chi connectivity index (χ0) is 14.9. The molecule has 112 valence electrons. The Morgan fingerprint density at radius 1 is 1.14 bits per heavy atom. The second kappa shape index (κ2) is 5.45. The molecule has 0 saturated carbocycles. The lowest BCUT2D eigenvalue weighted by Crippen LogP contribution is -2.32. The highest BCUT2D eigenvalue weighted by atomic mass is 32.2. The normalized spacial score (nSPS) is 18.5. The summed E-state index contributed by atoms with van der Waals surface area (Å²) >= 11 is 0. The van der Waals surface area contributed by atoms with Gasteiger partial charge in [-0.1, -0.05) is 12.1 Å². The van der Waals surface area contributed by atoms with E-state index in [1.54, 1.807) is 0 Å². The first-order chi connectivity index (χ1) is 10.1. The molecule has 1 aliphatic rings. The fourth-order valence-electron chi connectivity index (χ4n) is 2.48. The van der Waals surface area contributed by atoms with E-state index in [2.05, 4.69) is 20.7 Å². The highest BCUT2D eigenvalue weighted by Crippen LogP contribution is 2.24. The standard InChI is InChI=1S/C13H17N5O2S/c14-18-13-16-11-4-2-1-3-10(11)12(17-13)15-9-5-7-21(19,20)8-6-9/h1-4,9H,5-8,14H2,(H2,15,16,17,18). The monoisotopic (exact) mass is 307 g/mol. The molecule has 0 spiro atoms. The van der Waals surface area contributed by atoms with Gasteiger partial charge in [0.05, 0.1) is 17.0 Å². The molecule has 1 aliphatic heterocycles. The van der Waals surface area contributed by atoms with Gasteiger partial charge in [-0.3, -0.25) is 5.43 Å². The van der Waals surface area contributed by atoms with E-state index in [4.69, 9.17) is 5.84 Å². The molecular formula is C13H17N5O2S. The zero-order valence-corrected chi connectivity index (χ0v) is 12.2. The van der Waals surface area contributed by atoms with Crippen LogP contribution in [0.2, 0.25) is 0 Å². The summed E-state index contributed by atoms with van der Waals surface area (Å²) in [6.07, 6.45) is 1.18. The number of nitrogens with two attached hydrogens (primary N) is 1. The molecule has 7 nitrogen and oxygen atoms in total. The summed E-state index contributed by atoms with van der Waals surface area (Å²) in [7, 11) is -2.87. The van der Waals surface area contributed by atoms with Crippen LogP contribution in [0.15, 0.2) is 24.3 Å². The number of fused-ring (bicyclic) bond motifs is 1. The van der Waals surface area contributed by atoms with Gasteiger partial charge < -0.3 is 5.32 Å². The first kappa shape index (κ1) is 14.0. The summed E-state index contributed by atoms with van der Waals surface area (Å²) < 4.78 is 23.0. The predicted molar refractivity (Wildman–Crippen MR) is 82.6 cm³/mol. The Labute approximate surface area is 122 Å². The minimum absolute atomic E-state index is 0.0949. The number of nitrogens with one attached hydrogen (secondary N) is 2. The van der Waals surface area contributed by atoms with Gasteiger partial charge in [-0.25, -0.2) is 19.2 Å². The molecule has 1 saturated heterocycles. The van der Waals surface area contributed by atoms with Crippen molar-refractivity contribution >= 4 is 32.5 Å². The van der Waals surface area contributed by atoms with Crippen molar-refractivity contribution in [3.8, 4) is 0 Å². The number of hydrazine groups is 1. The maximum absolute atomic E-state index is 11.5. The first-order valence-electron chi connectivity index (χ1n) is 6.78. The molecule has 0 radical (unpaired) electrons. The summed E-state index contributed by atoms with van der Waals surface area (Å²) in [5, 5.41) is 4.22. The third-order valence-corrected chi connectivity index (χ3v) is 5.34. The smallest absolute Gasteiger partial charge is 0.239 e. The number of nitrogen functional groups attached to an aromatic ring is 1. The number of hydrogen-bond donors (Lipinski definition) is 3. The second-order valence-electron chi connectivity index (χ2n) is 5.13. The van der Waals surface area contributed by atoms with Gasteiger partial charge in [-0.2, -0.15) is 4.98 Å². The van der Waals surface area contributed by atoms with Crippen molar-refractivity contribution in [2.75, 3.05) is 22.2 Å². The van der Waals surface area contributed by atoms with Crippen LogP contribution in [0, 0.1) is 0 Å². The minimum atomic E-state index is -2.87. The number of anilines is 2. The van der Waals surface area contributed by atoms with Gasteiger partial charge in [-0.15, -0.1) is 0 Å². The van der Waals surface area contributed by atoms with Crippen molar-refractivity contribution in [1.82, 2.24) is 9.97 Å². The molecule has 4 N–H and O–H groups in total. The van der Waals surface area contributed by atoms with Crippen LogP contribution >= 0.6 is 0 Å². The second-order valence-corrected chi connectivity index (χ2v) is 7.43.